The Morgan fingerprint density at radius 3 is 1.81 bits per heavy atom. The van der Waals surface area contributed by atoms with Crippen LogP contribution in [0.4, 0.5) is 43.9 Å². The Labute approximate surface area is 142 Å². The zero-order valence-corrected chi connectivity index (χ0v) is 12.5. The number of hydrogen-bond acceptors (Lipinski definition) is 6. The van der Waals surface area contributed by atoms with Gasteiger partial charge in [0.15, 0.2) is 0 Å². The molecule has 1 heterocycles. The Hall–Kier alpha value is -1.68. The molecule has 0 N–H and O–H groups in total. The molecule has 0 saturated carbocycles. The maximum Gasteiger partial charge on any atom is 0.448 e. The quantitative estimate of drug-likeness (QED) is 0.303. The second-order valence-corrected chi connectivity index (χ2v) is 4.76. The number of cyclic esters (lactones) is 2. The van der Waals surface area contributed by atoms with E-state index in [2.05, 4.69) is 18.9 Å². The monoisotopic (exact) mass is 426 g/mol. The van der Waals surface area contributed by atoms with Gasteiger partial charge in [-0.1, -0.05) is 0 Å². The number of esters is 2. The lowest BCUT2D eigenvalue weighted by atomic mass is 10.2. The van der Waals surface area contributed by atoms with Crippen LogP contribution in [0.25, 0.3) is 0 Å². The first-order chi connectivity index (χ1) is 12.1. The largest absolute Gasteiger partial charge is 0.448 e. The molecule has 0 unspecified atom stereocenters. The van der Waals surface area contributed by atoms with E-state index in [1.807, 2.05) is 0 Å². The molecule has 0 bridgehead atoms. The van der Waals surface area contributed by atoms with Gasteiger partial charge < -0.3 is 14.2 Å². The van der Waals surface area contributed by atoms with Gasteiger partial charge in [0.2, 0.25) is 12.3 Å². The first kappa shape index (κ1) is 23.4. The van der Waals surface area contributed by atoms with Gasteiger partial charge in [-0.2, -0.15) is 35.1 Å². The summed E-state index contributed by atoms with van der Waals surface area (Å²) < 4.78 is 142. The van der Waals surface area contributed by atoms with Crippen LogP contribution in [0, 0.1) is 0 Å². The number of hydrogen-bond donors (Lipinski definition) is 0. The van der Waals surface area contributed by atoms with Gasteiger partial charge in [-0.3, -0.25) is 4.74 Å². The fourth-order valence-corrected chi connectivity index (χ4v) is 1.41. The SMILES string of the molecule is O=C1OC(=O)[C@H](OC(F)(F)C(F)(F)COC(F)(F)C(F)(F)OCCF)[C@H]1F. The molecule has 1 aliphatic rings. The molecule has 1 aliphatic heterocycles. The van der Waals surface area contributed by atoms with Gasteiger partial charge in [-0.25, -0.2) is 18.4 Å². The van der Waals surface area contributed by atoms with Crippen LogP contribution in [0.3, 0.4) is 0 Å². The van der Waals surface area contributed by atoms with Gasteiger partial charge in [0, 0.05) is 0 Å². The third-order valence-electron chi connectivity index (χ3n) is 2.76. The van der Waals surface area contributed by atoms with Crippen LogP contribution in [0.5, 0.6) is 0 Å². The second kappa shape index (κ2) is 7.75. The average molecular weight is 426 g/mol. The smallest absolute Gasteiger partial charge is 0.389 e. The van der Waals surface area contributed by atoms with Gasteiger partial charge in [-0.15, -0.1) is 0 Å². The Morgan fingerprint density at radius 1 is 0.852 bits per heavy atom. The van der Waals surface area contributed by atoms with Crippen molar-refractivity contribution in [2.75, 3.05) is 19.9 Å². The number of halogens is 10. The lowest BCUT2D eigenvalue weighted by Gasteiger charge is -2.30. The highest BCUT2D eigenvalue weighted by Gasteiger charge is 2.66. The van der Waals surface area contributed by atoms with Crippen molar-refractivity contribution < 1.29 is 72.4 Å². The average Bonchev–Trinajstić information content (AvgIpc) is 2.77. The van der Waals surface area contributed by atoms with Crippen molar-refractivity contribution in [2.24, 2.45) is 0 Å². The molecule has 1 fully saturated rings. The van der Waals surface area contributed by atoms with Crippen molar-refractivity contribution in [3.05, 3.63) is 0 Å². The summed E-state index contributed by atoms with van der Waals surface area (Å²) >= 11 is 0. The summed E-state index contributed by atoms with van der Waals surface area (Å²) in [6.45, 7) is -6.40. The van der Waals surface area contributed by atoms with E-state index in [-0.39, 0.29) is 0 Å². The first-order valence-corrected chi connectivity index (χ1v) is 6.50. The molecule has 0 spiro atoms. The molecule has 0 amide bonds. The van der Waals surface area contributed by atoms with Gasteiger partial charge in [0.05, 0.1) is 6.61 Å². The van der Waals surface area contributed by atoms with Crippen molar-refractivity contribution in [1.82, 2.24) is 0 Å². The van der Waals surface area contributed by atoms with E-state index in [1.54, 1.807) is 0 Å². The molecule has 158 valence electrons. The third kappa shape index (κ3) is 4.98. The van der Waals surface area contributed by atoms with Gasteiger partial charge in [-0.05, 0) is 0 Å². The molecule has 1 rings (SSSR count). The van der Waals surface area contributed by atoms with Crippen molar-refractivity contribution in [2.45, 2.75) is 36.5 Å². The zero-order valence-electron chi connectivity index (χ0n) is 12.5. The van der Waals surface area contributed by atoms with E-state index in [4.69, 9.17) is 0 Å². The van der Waals surface area contributed by atoms with Crippen molar-refractivity contribution >= 4 is 11.9 Å². The van der Waals surface area contributed by atoms with E-state index in [1.165, 1.54) is 0 Å². The lowest BCUT2D eigenvalue weighted by Crippen LogP contribution is -2.53. The highest BCUT2D eigenvalue weighted by atomic mass is 19.3. The minimum absolute atomic E-state index is 1.60. The van der Waals surface area contributed by atoms with Gasteiger partial charge in [0.1, 0.15) is 13.3 Å². The summed E-state index contributed by atoms with van der Waals surface area (Å²) in [6.07, 6.45) is -23.9. The van der Waals surface area contributed by atoms with E-state index >= 15 is 0 Å². The molecule has 0 aliphatic carbocycles. The molecule has 1 saturated heterocycles. The fraction of sp³-hybridized carbons (Fsp3) is 0.818. The van der Waals surface area contributed by atoms with Crippen LogP contribution >= 0.6 is 0 Å². The normalized spacial score (nSPS) is 22.3. The number of ether oxygens (including phenoxy) is 4. The zero-order chi connectivity index (χ0) is 21.3. The molecule has 27 heavy (non-hydrogen) atoms. The summed E-state index contributed by atoms with van der Waals surface area (Å²) in [6, 6.07) is 0. The molecular weight excluding hydrogens is 418 g/mol. The van der Waals surface area contributed by atoms with Gasteiger partial charge in [0.25, 0.3) is 0 Å². The maximum atomic E-state index is 13.4. The summed E-state index contributed by atoms with van der Waals surface area (Å²) in [5.74, 6) is -9.96. The van der Waals surface area contributed by atoms with Crippen LogP contribution < -0.4 is 0 Å². The first-order valence-electron chi connectivity index (χ1n) is 6.50. The van der Waals surface area contributed by atoms with Crippen LogP contribution in [0.15, 0.2) is 0 Å². The van der Waals surface area contributed by atoms with Crippen molar-refractivity contribution in [3.63, 3.8) is 0 Å². The Balaban J connectivity index is 2.83. The lowest BCUT2D eigenvalue weighted by molar-refractivity contribution is -0.449. The Kier molecular flexibility index (Phi) is 6.70. The van der Waals surface area contributed by atoms with E-state index in [9.17, 15) is 53.5 Å². The molecule has 16 heteroatoms. The van der Waals surface area contributed by atoms with E-state index in [0.29, 0.717) is 0 Å². The highest BCUT2D eigenvalue weighted by Crippen LogP contribution is 2.42. The molecule has 0 aromatic carbocycles. The predicted octanol–water partition coefficient (Wildman–Crippen LogP) is 2.21. The predicted molar refractivity (Wildman–Crippen MR) is 58.5 cm³/mol. The molecule has 6 nitrogen and oxygen atoms in total. The highest BCUT2D eigenvalue weighted by molar-refractivity contribution is 5.99. The fourth-order valence-electron chi connectivity index (χ4n) is 1.41. The Bertz CT molecular complexity index is 568. The van der Waals surface area contributed by atoms with Crippen molar-refractivity contribution in [3.8, 4) is 0 Å². The van der Waals surface area contributed by atoms with Crippen LogP contribution in [-0.4, -0.2) is 68.4 Å². The summed E-state index contributed by atoms with van der Waals surface area (Å²) in [5, 5.41) is 0. The number of carbonyl (C=O) groups excluding carboxylic acids is 2. The minimum Gasteiger partial charge on any atom is -0.389 e. The van der Waals surface area contributed by atoms with Crippen LogP contribution in [0.1, 0.15) is 0 Å². The molecule has 2 atom stereocenters. The summed E-state index contributed by atoms with van der Waals surface area (Å²) in [7, 11) is 0. The maximum absolute atomic E-state index is 13.4. The third-order valence-corrected chi connectivity index (χ3v) is 2.76. The molecule has 0 aromatic heterocycles. The standard InChI is InChI=1S/C11H8F10O6/c12-1-2-24-10(18,19)11(20,21)25-3-8(14,15)9(16,17)27-5-4(13)6(22)26-7(5)23/h4-5H,1-3H2/t4-,5-/m1/s1. The summed E-state index contributed by atoms with van der Waals surface area (Å²) in [5.41, 5.74) is 0. The molecule has 0 aromatic rings. The van der Waals surface area contributed by atoms with Gasteiger partial charge >= 0.3 is 36.2 Å². The Morgan fingerprint density at radius 2 is 1.37 bits per heavy atom. The van der Waals surface area contributed by atoms with E-state index < -0.39 is 68.4 Å². The van der Waals surface area contributed by atoms with Crippen LogP contribution in [0.2, 0.25) is 0 Å². The topological polar surface area (TPSA) is 71.1 Å². The van der Waals surface area contributed by atoms with E-state index in [0.717, 1.165) is 0 Å². The second-order valence-electron chi connectivity index (χ2n) is 4.76. The van der Waals surface area contributed by atoms with Crippen LogP contribution in [-0.2, 0) is 28.5 Å². The number of carbonyl (C=O) groups is 2. The molecule has 0 radical (unpaired) electrons. The minimum atomic E-state index is -5.93. The van der Waals surface area contributed by atoms with Crippen molar-refractivity contribution in [1.29, 1.82) is 0 Å². The molecular formula is C11H8F10O6. The number of rotatable bonds is 10. The summed E-state index contributed by atoms with van der Waals surface area (Å²) in [4.78, 5) is 21.5. The number of alkyl halides is 10.